The average molecular weight is 438 g/mol. The van der Waals surface area contributed by atoms with E-state index in [-0.39, 0.29) is 16.7 Å². The van der Waals surface area contributed by atoms with Crippen LogP contribution in [0.3, 0.4) is 0 Å². The second-order valence-corrected chi connectivity index (χ2v) is 7.38. The van der Waals surface area contributed by atoms with E-state index < -0.39 is 17.9 Å². The fraction of sp³-hybridized carbons (Fsp3) is 0. The number of rotatable bonds is 6. The second-order valence-electron chi connectivity index (χ2n) is 7.38. The van der Waals surface area contributed by atoms with Gasteiger partial charge in [-0.15, -0.1) is 0 Å². The van der Waals surface area contributed by atoms with Crippen molar-refractivity contribution in [2.45, 2.75) is 0 Å². The third-order valence-electron chi connectivity index (χ3n) is 5.37. The summed E-state index contributed by atoms with van der Waals surface area (Å²) in [6, 6.07) is 25.2. The van der Waals surface area contributed by atoms with Gasteiger partial charge in [-0.1, -0.05) is 54.6 Å². The Morgan fingerprint density at radius 2 is 0.818 bits per heavy atom. The van der Waals surface area contributed by atoms with Crippen LogP contribution in [0, 0.1) is 0 Å². The zero-order chi connectivity index (χ0) is 23.5. The molecule has 0 aliphatic heterocycles. The number of carboxylic acids is 3. The molecule has 0 heterocycles. The molecular weight excluding hydrogens is 420 g/mol. The van der Waals surface area contributed by atoms with Crippen LogP contribution < -0.4 is 0 Å². The first-order chi connectivity index (χ1) is 15.8. The lowest BCUT2D eigenvalue weighted by Crippen LogP contribution is -1.99. The van der Waals surface area contributed by atoms with Gasteiger partial charge in [-0.05, 0) is 69.8 Å². The van der Waals surface area contributed by atoms with Crippen molar-refractivity contribution in [3.05, 3.63) is 108 Å². The lowest BCUT2D eigenvalue weighted by molar-refractivity contribution is 0.0686. The third kappa shape index (κ3) is 4.36. The monoisotopic (exact) mass is 438 g/mol. The van der Waals surface area contributed by atoms with Crippen molar-refractivity contribution in [3.8, 4) is 33.4 Å². The zero-order valence-corrected chi connectivity index (χ0v) is 17.2. The molecule has 4 rings (SSSR count). The molecule has 0 bridgehead atoms. The normalized spacial score (nSPS) is 10.5. The van der Waals surface area contributed by atoms with Gasteiger partial charge in [0.25, 0.3) is 0 Å². The highest BCUT2D eigenvalue weighted by Crippen LogP contribution is 2.38. The molecule has 6 heteroatoms. The summed E-state index contributed by atoms with van der Waals surface area (Å²) < 4.78 is 0. The largest absolute Gasteiger partial charge is 0.478 e. The molecule has 0 atom stereocenters. The smallest absolute Gasteiger partial charge is 0.335 e. The predicted octanol–water partition coefficient (Wildman–Crippen LogP) is 5.78. The summed E-state index contributed by atoms with van der Waals surface area (Å²) >= 11 is 0. The first-order valence-corrected chi connectivity index (χ1v) is 9.99. The molecule has 0 aliphatic carbocycles. The van der Waals surface area contributed by atoms with E-state index in [1.807, 2.05) is 24.3 Å². The van der Waals surface area contributed by atoms with Gasteiger partial charge < -0.3 is 15.3 Å². The van der Waals surface area contributed by atoms with Gasteiger partial charge in [-0.25, -0.2) is 14.4 Å². The van der Waals surface area contributed by atoms with Crippen LogP contribution in [0.4, 0.5) is 0 Å². The van der Waals surface area contributed by atoms with E-state index in [1.165, 1.54) is 30.3 Å². The SMILES string of the molecule is O=C(O)c1ccc(-c2ccccc2-c2ccc(C(=O)O)cc2-c2ccc(C(=O)O)cc2)cc1. The van der Waals surface area contributed by atoms with Gasteiger partial charge >= 0.3 is 17.9 Å². The molecule has 0 radical (unpaired) electrons. The highest BCUT2D eigenvalue weighted by molar-refractivity contribution is 5.97. The Bertz CT molecular complexity index is 1370. The van der Waals surface area contributed by atoms with Crippen LogP contribution in [-0.4, -0.2) is 33.2 Å². The fourth-order valence-corrected chi connectivity index (χ4v) is 3.71. The molecule has 0 aromatic heterocycles. The lowest BCUT2D eigenvalue weighted by atomic mass is 9.88. The minimum absolute atomic E-state index is 0.111. The van der Waals surface area contributed by atoms with Gasteiger partial charge in [0.15, 0.2) is 0 Å². The molecule has 3 N–H and O–H groups in total. The van der Waals surface area contributed by atoms with Crippen molar-refractivity contribution < 1.29 is 29.7 Å². The Morgan fingerprint density at radius 1 is 0.424 bits per heavy atom. The molecular formula is C27H18O6. The van der Waals surface area contributed by atoms with Crippen LogP contribution in [0.25, 0.3) is 33.4 Å². The molecule has 4 aromatic carbocycles. The Morgan fingerprint density at radius 3 is 1.30 bits per heavy atom. The van der Waals surface area contributed by atoms with E-state index in [0.717, 1.165) is 22.3 Å². The van der Waals surface area contributed by atoms with Crippen LogP contribution >= 0.6 is 0 Å². The van der Waals surface area contributed by atoms with Gasteiger partial charge in [-0.3, -0.25) is 0 Å². The van der Waals surface area contributed by atoms with Crippen LogP contribution in [-0.2, 0) is 0 Å². The summed E-state index contributed by atoms with van der Waals surface area (Å²) in [5.41, 5.74) is 4.99. The van der Waals surface area contributed by atoms with E-state index in [0.29, 0.717) is 11.1 Å². The van der Waals surface area contributed by atoms with Crippen molar-refractivity contribution >= 4 is 17.9 Å². The third-order valence-corrected chi connectivity index (χ3v) is 5.37. The molecule has 0 saturated carbocycles. The molecule has 0 unspecified atom stereocenters. The fourth-order valence-electron chi connectivity index (χ4n) is 3.71. The van der Waals surface area contributed by atoms with Gasteiger partial charge in [-0.2, -0.15) is 0 Å². The standard InChI is InChI=1S/C27H18O6/c28-25(29)18-9-5-16(6-10-18)21-3-1-2-4-22(21)23-14-13-20(27(32)33)15-24(23)17-7-11-19(12-8-17)26(30)31/h1-15H,(H,28,29)(H,30,31)(H,32,33). The second kappa shape index (κ2) is 8.80. The molecule has 33 heavy (non-hydrogen) atoms. The van der Waals surface area contributed by atoms with E-state index in [4.69, 9.17) is 0 Å². The highest BCUT2D eigenvalue weighted by atomic mass is 16.4. The summed E-state index contributed by atoms with van der Waals surface area (Å²) in [5.74, 6) is -3.12. The zero-order valence-electron chi connectivity index (χ0n) is 17.2. The van der Waals surface area contributed by atoms with Crippen molar-refractivity contribution in [3.63, 3.8) is 0 Å². The number of carboxylic acid groups (broad SMARTS) is 3. The number of hydrogen-bond donors (Lipinski definition) is 3. The number of benzene rings is 4. The van der Waals surface area contributed by atoms with Crippen molar-refractivity contribution in [1.82, 2.24) is 0 Å². The summed E-state index contributed by atoms with van der Waals surface area (Å²) in [5, 5.41) is 27.9. The number of hydrogen-bond acceptors (Lipinski definition) is 3. The van der Waals surface area contributed by atoms with Crippen LogP contribution in [0.1, 0.15) is 31.1 Å². The molecule has 0 spiro atoms. The molecule has 162 valence electrons. The molecule has 4 aromatic rings. The van der Waals surface area contributed by atoms with Gasteiger partial charge in [0, 0.05) is 0 Å². The Labute approximate surface area is 189 Å². The predicted molar refractivity (Wildman–Crippen MR) is 124 cm³/mol. The Hall–Kier alpha value is -4.71. The summed E-state index contributed by atoms with van der Waals surface area (Å²) in [6.07, 6.45) is 0. The van der Waals surface area contributed by atoms with Crippen molar-refractivity contribution in [2.24, 2.45) is 0 Å². The molecule has 0 aliphatic rings. The Balaban J connectivity index is 1.90. The van der Waals surface area contributed by atoms with Gasteiger partial charge in [0.2, 0.25) is 0 Å². The topological polar surface area (TPSA) is 112 Å². The van der Waals surface area contributed by atoms with Crippen molar-refractivity contribution in [1.29, 1.82) is 0 Å². The van der Waals surface area contributed by atoms with Crippen molar-refractivity contribution in [2.75, 3.05) is 0 Å². The van der Waals surface area contributed by atoms with E-state index in [1.54, 1.807) is 36.4 Å². The van der Waals surface area contributed by atoms with Crippen LogP contribution in [0.2, 0.25) is 0 Å². The molecule has 0 saturated heterocycles. The van der Waals surface area contributed by atoms with E-state index >= 15 is 0 Å². The quantitative estimate of drug-likeness (QED) is 0.352. The number of carbonyl (C=O) groups is 3. The van der Waals surface area contributed by atoms with Crippen LogP contribution in [0.15, 0.2) is 91.0 Å². The maximum Gasteiger partial charge on any atom is 0.335 e. The summed E-state index contributed by atoms with van der Waals surface area (Å²) in [6.45, 7) is 0. The molecule has 0 amide bonds. The maximum atomic E-state index is 11.6. The Kier molecular flexibility index (Phi) is 5.74. The minimum atomic E-state index is -1.07. The number of aromatic carboxylic acids is 3. The lowest BCUT2D eigenvalue weighted by Gasteiger charge is -2.16. The van der Waals surface area contributed by atoms with Gasteiger partial charge in [0.05, 0.1) is 16.7 Å². The van der Waals surface area contributed by atoms with E-state index in [9.17, 15) is 29.7 Å². The van der Waals surface area contributed by atoms with E-state index in [2.05, 4.69) is 0 Å². The van der Waals surface area contributed by atoms with Gasteiger partial charge in [0.1, 0.15) is 0 Å². The summed E-state index contributed by atoms with van der Waals surface area (Å²) in [7, 11) is 0. The average Bonchev–Trinajstić information content (AvgIpc) is 2.83. The minimum Gasteiger partial charge on any atom is -0.478 e. The summed E-state index contributed by atoms with van der Waals surface area (Å²) in [4.78, 5) is 34.1. The first-order valence-electron chi connectivity index (χ1n) is 9.99. The maximum absolute atomic E-state index is 11.6. The van der Waals surface area contributed by atoms with Crippen LogP contribution in [0.5, 0.6) is 0 Å². The first kappa shape index (κ1) is 21.5. The molecule has 0 fully saturated rings. The highest BCUT2D eigenvalue weighted by Gasteiger charge is 2.16. The molecule has 6 nitrogen and oxygen atoms in total.